The maximum absolute atomic E-state index is 12.6. The van der Waals surface area contributed by atoms with Gasteiger partial charge in [-0.25, -0.2) is 22.7 Å². The Hall–Kier alpha value is -2.62. The summed E-state index contributed by atoms with van der Waals surface area (Å²) < 4.78 is 30.9. The summed E-state index contributed by atoms with van der Waals surface area (Å²) in [6, 6.07) is 15.6. The Labute approximate surface area is 204 Å². The van der Waals surface area contributed by atoms with Crippen molar-refractivity contribution < 1.29 is 8.42 Å². The summed E-state index contributed by atoms with van der Waals surface area (Å²) in [6.07, 6.45) is 4.46. The van der Waals surface area contributed by atoms with Crippen molar-refractivity contribution in [2.24, 2.45) is 0 Å². The number of para-hydroxylation sites is 1. The van der Waals surface area contributed by atoms with Crippen molar-refractivity contribution in [3.63, 3.8) is 0 Å². The quantitative estimate of drug-likeness (QED) is 0.349. The van der Waals surface area contributed by atoms with Crippen LogP contribution in [0.4, 0.5) is 0 Å². The van der Waals surface area contributed by atoms with Gasteiger partial charge in [0.05, 0.1) is 27.4 Å². The van der Waals surface area contributed by atoms with Crippen LogP contribution in [-0.4, -0.2) is 45.9 Å². The van der Waals surface area contributed by atoms with Crippen molar-refractivity contribution in [1.29, 1.82) is 0 Å². The number of hydrogen-bond acceptors (Lipinski definition) is 5. The number of thioether (sulfide) groups is 1. The summed E-state index contributed by atoms with van der Waals surface area (Å²) in [7, 11) is -0.422. The van der Waals surface area contributed by atoms with Crippen molar-refractivity contribution in [1.82, 2.24) is 23.4 Å². The Morgan fingerprint density at radius 2 is 1.79 bits per heavy atom. The highest BCUT2D eigenvalue weighted by atomic mass is 32.2. The molecule has 2 aromatic carbocycles. The monoisotopic (exact) mass is 495 g/mol. The molecule has 0 fully saturated rings. The molecule has 0 radical (unpaired) electrons. The first-order chi connectivity index (χ1) is 16.4. The van der Waals surface area contributed by atoms with Crippen LogP contribution < -0.4 is 0 Å². The van der Waals surface area contributed by atoms with Gasteiger partial charge in [0.1, 0.15) is 5.82 Å². The van der Waals surface area contributed by atoms with Gasteiger partial charge >= 0.3 is 0 Å². The fourth-order valence-electron chi connectivity index (χ4n) is 4.58. The molecular formula is C25H29N5O2S2. The van der Waals surface area contributed by atoms with E-state index in [1.165, 1.54) is 28.5 Å². The van der Waals surface area contributed by atoms with Gasteiger partial charge in [0.25, 0.3) is 0 Å². The molecule has 2 aromatic heterocycles. The lowest BCUT2D eigenvalue weighted by Crippen LogP contribution is -2.22. The SMILES string of the molecule is CCn1c(CSc2nc3c(n2-c2ccccc2)CCCC3)nc2cc(S(=O)(=O)N(C)C)ccc21. The number of rotatable bonds is 7. The van der Waals surface area contributed by atoms with Gasteiger partial charge in [-0.3, -0.25) is 4.57 Å². The largest absolute Gasteiger partial charge is 0.328 e. The molecule has 0 saturated heterocycles. The summed E-state index contributed by atoms with van der Waals surface area (Å²) >= 11 is 1.69. The molecule has 7 nitrogen and oxygen atoms in total. The number of sulfonamides is 1. The molecule has 4 aromatic rings. The van der Waals surface area contributed by atoms with Crippen LogP contribution in [0.15, 0.2) is 58.6 Å². The zero-order valence-corrected chi connectivity index (χ0v) is 21.4. The molecule has 5 rings (SSSR count). The Morgan fingerprint density at radius 3 is 2.53 bits per heavy atom. The van der Waals surface area contributed by atoms with E-state index in [1.807, 2.05) is 12.1 Å². The number of hydrogen-bond donors (Lipinski definition) is 0. The molecule has 0 unspecified atom stereocenters. The Bertz CT molecular complexity index is 1440. The highest BCUT2D eigenvalue weighted by molar-refractivity contribution is 7.98. The minimum atomic E-state index is -3.51. The Kier molecular flexibility index (Phi) is 6.26. The minimum absolute atomic E-state index is 0.261. The van der Waals surface area contributed by atoms with E-state index in [0.29, 0.717) is 11.3 Å². The normalized spacial score (nSPS) is 14.1. The van der Waals surface area contributed by atoms with Crippen LogP contribution in [0.2, 0.25) is 0 Å². The molecule has 1 aliphatic carbocycles. The molecule has 34 heavy (non-hydrogen) atoms. The van der Waals surface area contributed by atoms with Gasteiger partial charge in [-0.15, -0.1) is 0 Å². The van der Waals surface area contributed by atoms with Gasteiger partial charge in [0, 0.05) is 32.0 Å². The lowest BCUT2D eigenvalue weighted by atomic mass is 10.0. The molecule has 0 bridgehead atoms. The average Bonchev–Trinajstić information content (AvgIpc) is 3.39. The van der Waals surface area contributed by atoms with E-state index in [1.54, 1.807) is 38.0 Å². The molecule has 178 valence electrons. The number of aryl methyl sites for hydroxylation is 2. The highest BCUT2D eigenvalue weighted by Gasteiger charge is 2.23. The number of benzene rings is 2. The van der Waals surface area contributed by atoms with Gasteiger partial charge in [0.15, 0.2) is 5.16 Å². The topological polar surface area (TPSA) is 73.0 Å². The molecule has 1 aliphatic rings. The van der Waals surface area contributed by atoms with E-state index in [2.05, 4.69) is 40.3 Å². The number of imidazole rings is 2. The fourth-order valence-corrected chi connectivity index (χ4v) is 6.50. The van der Waals surface area contributed by atoms with Crippen LogP contribution in [0.25, 0.3) is 16.7 Å². The van der Waals surface area contributed by atoms with Gasteiger partial charge in [-0.1, -0.05) is 30.0 Å². The predicted molar refractivity (Wildman–Crippen MR) is 136 cm³/mol. The average molecular weight is 496 g/mol. The Morgan fingerprint density at radius 1 is 1.03 bits per heavy atom. The van der Waals surface area contributed by atoms with Crippen LogP contribution >= 0.6 is 11.8 Å². The summed E-state index contributed by atoms with van der Waals surface area (Å²) in [5.74, 6) is 1.57. The molecule has 0 spiro atoms. The number of fused-ring (bicyclic) bond motifs is 2. The molecule has 0 atom stereocenters. The van der Waals surface area contributed by atoms with Crippen molar-refractivity contribution in [2.75, 3.05) is 14.1 Å². The smallest absolute Gasteiger partial charge is 0.242 e. The third-order valence-corrected chi connectivity index (χ3v) is 9.09. The van der Waals surface area contributed by atoms with Crippen molar-refractivity contribution in [2.45, 2.75) is 55.0 Å². The van der Waals surface area contributed by atoms with Crippen LogP contribution in [0, 0.1) is 0 Å². The van der Waals surface area contributed by atoms with Gasteiger partial charge in [0.2, 0.25) is 10.0 Å². The highest BCUT2D eigenvalue weighted by Crippen LogP contribution is 2.33. The number of aromatic nitrogens is 4. The third-order valence-electron chi connectivity index (χ3n) is 6.34. The fraction of sp³-hybridized carbons (Fsp3) is 0.360. The molecule has 0 N–H and O–H groups in total. The van der Waals surface area contributed by atoms with E-state index in [4.69, 9.17) is 9.97 Å². The number of nitrogens with zero attached hydrogens (tertiary/aromatic N) is 5. The first-order valence-electron chi connectivity index (χ1n) is 11.6. The second-order valence-corrected chi connectivity index (χ2v) is 11.8. The molecule has 9 heteroatoms. The maximum Gasteiger partial charge on any atom is 0.242 e. The van der Waals surface area contributed by atoms with Gasteiger partial charge in [-0.2, -0.15) is 0 Å². The lowest BCUT2D eigenvalue weighted by molar-refractivity contribution is 0.521. The van der Waals surface area contributed by atoms with E-state index >= 15 is 0 Å². The van der Waals surface area contributed by atoms with Crippen molar-refractivity contribution in [3.8, 4) is 5.69 Å². The molecule has 2 heterocycles. The third kappa shape index (κ3) is 4.06. The first-order valence-corrected chi connectivity index (χ1v) is 14.0. The van der Waals surface area contributed by atoms with Gasteiger partial charge in [-0.05, 0) is 62.9 Å². The molecule has 0 aliphatic heterocycles. The summed E-state index contributed by atoms with van der Waals surface area (Å²) in [4.78, 5) is 10.1. The second kappa shape index (κ2) is 9.20. The minimum Gasteiger partial charge on any atom is -0.328 e. The van der Waals surface area contributed by atoms with Crippen LogP contribution in [0.3, 0.4) is 0 Å². The zero-order valence-electron chi connectivity index (χ0n) is 19.7. The van der Waals surface area contributed by atoms with Gasteiger partial charge < -0.3 is 4.57 Å². The standard InChI is InChI=1S/C25H29N5O2S2/c1-4-29-22-15-14-19(34(31,32)28(2)3)16-21(22)26-24(29)17-33-25-27-20-12-8-9-13-23(20)30(25)18-10-6-5-7-11-18/h5-7,10-11,14-16H,4,8-9,12-13,17H2,1-3H3. The van der Waals surface area contributed by atoms with E-state index < -0.39 is 10.0 Å². The van der Waals surface area contributed by atoms with Crippen molar-refractivity contribution >= 4 is 32.8 Å². The molecule has 0 saturated carbocycles. The predicted octanol–water partition coefficient (Wildman–Crippen LogP) is 4.66. The lowest BCUT2D eigenvalue weighted by Gasteiger charge is -2.15. The Balaban J connectivity index is 1.50. The van der Waals surface area contributed by atoms with Crippen LogP contribution in [0.1, 0.15) is 37.0 Å². The summed E-state index contributed by atoms with van der Waals surface area (Å²) in [6.45, 7) is 2.85. The van der Waals surface area contributed by atoms with Crippen LogP contribution in [-0.2, 0) is 35.2 Å². The van der Waals surface area contributed by atoms with Crippen molar-refractivity contribution in [3.05, 3.63) is 65.7 Å². The van der Waals surface area contributed by atoms with Crippen LogP contribution in [0.5, 0.6) is 0 Å². The summed E-state index contributed by atoms with van der Waals surface area (Å²) in [5.41, 5.74) is 5.32. The zero-order chi connectivity index (χ0) is 23.9. The van der Waals surface area contributed by atoms with E-state index in [9.17, 15) is 8.42 Å². The van der Waals surface area contributed by atoms with E-state index in [-0.39, 0.29) is 4.90 Å². The second-order valence-electron chi connectivity index (χ2n) is 8.66. The van der Waals surface area contributed by atoms with E-state index in [0.717, 1.165) is 41.6 Å². The molecule has 0 amide bonds. The summed E-state index contributed by atoms with van der Waals surface area (Å²) in [5, 5.41) is 0.990. The molecular weight excluding hydrogens is 466 g/mol. The first kappa shape index (κ1) is 23.1. The maximum atomic E-state index is 12.6.